The molecule has 0 aliphatic heterocycles. The number of aliphatic hydroxyl groups is 1. The Morgan fingerprint density at radius 2 is 2.36 bits per heavy atom. The number of aliphatic hydroxyl groups excluding tert-OH is 1. The molecule has 62 valence electrons. The largest absolute Gasteiger partial charge is 0.396 e. The second-order valence-corrected chi connectivity index (χ2v) is 4.41. The molecular formula is C6H10IN3O. The van der Waals surface area contributed by atoms with E-state index in [0.29, 0.717) is 9.84 Å². The van der Waals surface area contributed by atoms with Crippen molar-refractivity contribution in [1.82, 2.24) is 0 Å². The Morgan fingerprint density at radius 1 is 1.64 bits per heavy atom. The van der Waals surface area contributed by atoms with E-state index >= 15 is 0 Å². The van der Waals surface area contributed by atoms with Crippen molar-refractivity contribution in [2.24, 2.45) is 11.0 Å². The summed E-state index contributed by atoms with van der Waals surface area (Å²) >= 11 is 2.28. The molecule has 0 aromatic rings. The average molecular weight is 267 g/mol. The standard InChI is InChI=1S/C6H10IN3O/c7-5-1-4(3-11)2-6(5)9-10-8/h4-6,11H,1-3H2/t4-,5+,6+/m1/s1. The monoisotopic (exact) mass is 267 g/mol. The minimum absolute atomic E-state index is 0.0951. The van der Waals surface area contributed by atoms with E-state index in [0.717, 1.165) is 12.8 Å². The number of halogens is 1. The van der Waals surface area contributed by atoms with Crippen LogP contribution in [0.15, 0.2) is 5.11 Å². The number of hydrogen-bond donors (Lipinski definition) is 1. The van der Waals surface area contributed by atoms with Crippen molar-refractivity contribution >= 4 is 22.6 Å². The lowest BCUT2D eigenvalue weighted by atomic mass is 10.1. The summed E-state index contributed by atoms with van der Waals surface area (Å²) in [5.74, 6) is 0.340. The number of rotatable bonds is 2. The maximum absolute atomic E-state index is 8.83. The summed E-state index contributed by atoms with van der Waals surface area (Å²) in [7, 11) is 0. The van der Waals surface area contributed by atoms with Gasteiger partial charge in [-0.25, -0.2) is 0 Å². The lowest BCUT2D eigenvalue weighted by Gasteiger charge is -2.03. The third kappa shape index (κ3) is 2.21. The summed E-state index contributed by atoms with van der Waals surface area (Å²) < 4.78 is 0.403. The van der Waals surface area contributed by atoms with Crippen LogP contribution in [-0.4, -0.2) is 21.7 Å². The summed E-state index contributed by atoms with van der Waals surface area (Å²) in [6.45, 7) is 0.219. The Hall–Kier alpha value is 0. The quantitative estimate of drug-likeness (QED) is 0.268. The topological polar surface area (TPSA) is 69.0 Å². The highest BCUT2D eigenvalue weighted by atomic mass is 127. The van der Waals surface area contributed by atoms with Crippen molar-refractivity contribution in [3.8, 4) is 0 Å². The third-order valence-corrected chi connectivity index (χ3v) is 3.35. The molecule has 0 aromatic carbocycles. The normalized spacial score (nSPS) is 36.7. The number of azide groups is 1. The van der Waals surface area contributed by atoms with Crippen LogP contribution in [0.5, 0.6) is 0 Å². The molecular weight excluding hydrogens is 257 g/mol. The first-order chi connectivity index (χ1) is 5.27. The number of hydrogen-bond acceptors (Lipinski definition) is 2. The van der Waals surface area contributed by atoms with E-state index in [1.165, 1.54) is 0 Å². The lowest BCUT2D eigenvalue weighted by Crippen LogP contribution is -2.08. The maximum atomic E-state index is 8.83. The Labute approximate surface area is 78.7 Å². The predicted molar refractivity (Wildman–Crippen MR) is 50.6 cm³/mol. The van der Waals surface area contributed by atoms with Gasteiger partial charge in [-0.1, -0.05) is 27.7 Å². The van der Waals surface area contributed by atoms with Crippen molar-refractivity contribution in [2.75, 3.05) is 6.61 Å². The van der Waals surface area contributed by atoms with E-state index in [-0.39, 0.29) is 12.6 Å². The van der Waals surface area contributed by atoms with Crippen molar-refractivity contribution < 1.29 is 5.11 Å². The van der Waals surface area contributed by atoms with Gasteiger partial charge in [0.2, 0.25) is 0 Å². The van der Waals surface area contributed by atoms with Crippen molar-refractivity contribution in [3.05, 3.63) is 10.4 Å². The average Bonchev–Trinajstić information content (AvgIpc) is 2.33. The summed E-state index contributed by atoms with van der Waals surface area (Å²) in [5.41, 5.74) is 8.20. The first-order valence-corrected chi connectivity index (χ1v) is 4.81. The maximum Gasteiger partial charge on any atom is 0.0495 e. The molecule has 0 spiro atoms. The second-order valence-electron chi connectivity index (χ2n) is 2.81. The van der Waals surface area contributed by atoms with Gasteiger partial charge in [0.25, 0.3) is 0 Å². The van der Waals surface area contributed by atoms with E-state index in [9.17, 15) is 0 Å². The summed E-state index contributed by atoms with van der Waals surface area (Å²) in [6, 6.07) is 0.0951. The zero-order valence-corrected chi connectivity index (χ0v) is 8.18. The van der Waals surface area contributed by atoms with Gasteiger partial charge in [0, 0.05) is 21.5 Å². The molecule has 1 fully saturated rings. The molecule has 1 aliphatic carbocycles. The van der Waals surface area contributed by atoms with Crippen molar-refractivity contribution in [2.45, 2.75) is 22.8 Å². The molecule has 0 amide bonds. The molecule has 0 radical (unpaired) electrons. The second kappa shape index (κ2) is 4.13. The van der Waals surface area contributed by atoms with E-state index in [1.807, 2.05) is 0 Å². The molecule has 4 nitrogen and oxygen atoms in total. The van der Waals surface area contributed by atoms with Gasteiger partial charge in [0.05, 0.1) is 0 Å². The van der Waals surface area contributed by atoms with Crippen LogP contribution in [0.3, 0.4) is 0 Å². The molecule has 1 N–H and O–H groups in total. The van der Waals surface area contributed by atoms with Crippen LogP contribution >= 0.6 is 22.6 Å². The third-order valence-electron chi connectivity index (χ3n) is 2.01. The van der Waals surface area contributed by atoms with E-state index in [4.69, 9.17) is 10.6 Å². The smallest absolute Gasteiger partial charge is 0.0495 e. The SMILES string of the molecule is [N-]=[N+]=N[C@H]1C[C@H](CO)C[C@@H]1I. The summed E-state index contributed by atoms with van der Waals surface area (Å²) in [6.07, 6.45) is 1.81. The fourth-order valence-corrected chi connectivity index (χ4v) is 2.55. The molecule has 0 heterocycles. The van der Waals surface area contributed by atoms with Crippen molar-refractivity contribution in [1.29, 1.82) is 0 Å². The molecule has 1 rings (SSSR count). The first-order valence-electron chi connectivity index (χ1n) is 3.57. The van der Waals surface area contributed by atoms with Crippen molar-refractivity contribution in [3.63, 3.8) is 0 Å². The Balaban J connectivity index is 2.51. The Morgan fingerprint density at radius 3 is 2.82 bits per heavy atom. The van der Waals surface area contributed by atoms with E-state index in [1.54, 1.807) is 0 Å². The minimum atomic E-state index is 0.0951. The number of alkyl halides is 1. The van der Waals surface area contributed by atoms with Gasteiger partial charge < -0.3 is 5.11 Å². The number of nitrogens with zero attached hydrogens (tertiary/aromatic N) is 3. The highest BCUT2D eigenvalue weighted by molar-refractivity contribution is 14.1. The summed E-state index contributed by atoms with van der Waals surface area (Å²) in [4.78, 5) is 2.78. The van der Waals surface area contributed by atoms with Crippen LogP contribution in [0.1, 0.15) is 12.8 Å². The van der Waals surface area contributed by atoms with Crippen LogP contribution in [0, 0.1) is 5.92 Å². The van der Waals surface area contributed by atoms with Gasteiger partial charge in [0.1, 0.15) is 0 Å². The summed E-state index contributed by atoms with van der Waals surface area (Å²) in [5, 5.41) is 12.5. The molecule has 1 aliphatic rings. The van der Waals surface area contributed by atoms with E-state index in [2.05, 4.69) is 32.6 Å². The van der Waals surface area contributed by atoms with Gasteiger partial charge in [-0.05, 0) is 24.3 Å². The zero-order valence-electron chi connectivity index (χ0n) is 6.02. The predicted octanol–water partition coefficient (Wildman–Crippen LogP) is 1.87. The molecule has 11 heavy (non-hydrogen) atoms. The molecule has 5 heteroatoms. The lowest BCUT2D eigenvalue weighted by molar-refractivity contribution is 0.229. The minimum Gasteiger partial charge on any atom is -0.396 e. The fourth-order valence-electron chi connectivity index (χ4n) is 1.40. The van der Waals surface area contributed by atoms with Gasteiger partial charge in [-0.3, -0.25) is 0 Å². The zero-order chi connectivity index (χ0) is 8.27. The van der Waals surface area contributed by atoms with Gasteiger partial charge in [-0.15, -0.1) is 0 Å². The molecule has 3 atom stereocenters. The highest BCUT2D eigenvalue weighted by Gasteiger charge is 2.30. The highest BCUT2D eigenvalue weighted by Crippen LogP contribution is 2.33. The Kier molecular flexibility index (Phi) is 3.42. The Bertz CT molecular complexity index is 181. The van der Waals surface area contributed by atoms with E-state index < -0.39 is 0 Å². The molecule has 1 saturated carbocycles. The molecule has 0 saturated heterocycles. The van der Waals surface area contributed by atoms with Gasteiger partial charge in [0.15, 0.2) is 0 Å². The van der Waals surface area contributed by atoms with Crippen LogP contribution in [0.25, 0.3) is 10.4 Å². The first kappa shape index (κ1) is 9.09. The fraction of sp³-hybridized carbons (Fsp3) is 1.00. The molecule has 0 unspecified atom stereocenters. The van der Waals surface area contributed by atoms with Crippen LogP contribution in [0.2, 0.25) is 0 Å². The van der Waals surface area contributed by atoms with Crippen LogP contribution < -0.4 is 0 Å². The molecule has 0 bridgehead atoms. The molecule has 0 aromatic heterocycles. The van der Waals surface area contributed by atoms with Gasteiger partial charge >= 0.3 is 0 Å². The van der Waals surface area contributed by atoms with Crippen LogP contribution in [0.4, 0.5) is 0 Å². The van der Waals surface area contributed by atoms with Gasteiger partial charge in [-0.2, -0.15) is 0 Å². The van der Waals surface area contributed by atoms with Crippen LogP contribution in [-0.2, 0) is 0 Å².